The summed E-state index contributed by atoms with van der Waals surface area (Å²) in [7, 11) is -1.13. The first-order chi connectivity index (χ1) is 15.9. The summed E-state index contributed by atoms with van der Waals surface area (Å²) in [6.07, 6.45) is 1.07. The fourth-order valence-corrected chi connectivity index (χ4v) is 4.54. The molecule has 33 heavy (non-hydrogen) atoms. The number of benzene rings is 3. The van der Waals surface area contributed by atoms with Crippen LogP contribution in [0.2, 0.25) is 0 Å². The molecule has 0 aliphatic carbocycles. The van der Waals surface area contributed by atoms with Gasteiger partial charge >= 0.3 is 0 Å². The van der Waals surface area contributed by atoms with E-state index in [2.05, 4.69) is 10.0 Å². The lowest BCUT2D eigenvalue weighted by molar-refractivity contribution is -0.117. The molecular weight excluding hydrogens is 440 g/mol. The topological polar surface area (TPSA) is 93.7 Å². The molecule has 0 aliphatic rings. The summed E-state index contributed by atoms with van der Waals surface area (Å²) in [6.45, 7) is 2.05. The number of anilines is 1. The summed E-state index contributed by atoms with van der Waals surface area (Å²) in [4.78, 5) is 13.1. The van der Waals surface area contributed by atoms with Crippen LogP contribution in [0, 0.1) is 0 Å². The van der Waals surface area contributed by atoms with Crippen molar-refractivity contribution in [1.29, 1.82) is 0 Å². The second kappa shape index (κ2) is 11.0. The highest BCUT2D eigenvalue weighted by molar-refractivity contribution is 7.89. The zero-order valence-corrected chi connectivity index (χ0v) is 19.7. The second-order valence-electron chi connectivity index (χ2n) is 7.42. The van der Waals surface area contributed by atoms with Crippen LogP contribution in [0.3, 0.4) is 0 Å². The van der Waals surface area contributed by atoms with Crippen LogP contribution >= 0.6 is 0 Å². The standard InChI is InChI=1S/C25H28N2O5S/c1-4-18-10-12-20(13-11-18)26-25(28)22(16-19-8-6-5-7-9-19)27-33(29,30)21-14-15-23(31-2)24(17-21)32-3/h5-15,17,22,27H,4,16H2,1-3H3,(H,26,28). The third-order valence-corrected chi connectivity index (χ3v) is 6.66. The average molecular weight is 469 g/mol. The Morgan fingerprint density at radius 3 is 2.15 bits per heavy atom. The molecule has 3 rings (SSSR count). The molecule has 3 aromatic rings. The van der Waals surface area contributed by atoms with E-state index in [0.717, 1.165) is 17.5 Å². The van der Waals surface area contributed by atoms with Gasteiger partial charge in [-0.1, -0.05) is 49.4 Å². The molecule has 7 nitrogen and oxygen atoms in total. The molecule has 0 bridgehead atoms. The smallest absolute Gasteiger partial charge is 0.242 e. The van der Waals surface area contributed by atoms with Crippen molar-refractivity contribution < 1.29 is 22.7 Å². The number of nitrogens with one attached hydrogen (secondary N) is 2. The van der Waals surface area contributed by atoms with Gasteiger partial charge in [-0.25, -0.2) is 8.42 Å². The van der Waals surface area contributed by atoms with Gasteiger partial charge in [0.1, 0.15) is 6.04 Å². The number of aryl methyl sites for hydroxylation is 1. The van der Waals surface area contributed by atoms with E-state index in [1.807, 2.05) is 49.4 Å². The number of rotatable bonds is 10. The number of carbonyl (C=O) groups is 1. The summed E-state index contributed by atoms with van der Waals surface area (Å²) in [5.41, 5.74) is 2.57. The molecule has 2 N–H and O–H groups in total. The normalized spacial score (nSPS) is 12.1. The Kier molecular flexibility index (Phi) is 8.08. The van der Waals surface area contributed by atoms with E-state index in [9.17, 15) is 13.2 Å². The molecule has 1 amide bonds. The van der Waals surface area contributed by atoms with Crippen molar-refractivity contribution in [1.82, 2.24) is 4.72 Å². The van der Waals surface area contributed by atoms with E-state index in [4.69, 9.17) is 9.47 Å². The van der Waals surface area contributed by atoms with Crippen LogP contribution in [0.5, 0.6) is 11.5 Å². The van der Waals surface area contributed by atoms with Crippen molar-refractivity contribution >= 4 is 21.6 Å². The predicted molar refractivity (Wildman–Crippen MR) is 128 cm³/mol. The molecule has 8 heteroatoms. The first-order valence-corrected chi connectivity index (χ1v) is 12.0. The van der Waals surface area contributed by atoms with Crippen LogP contribution < -0.4 is 19.5 Å². The first-order valence-electron chi connectivity index (χ1n) is 10.5. The third kappa shape index (κ3) is 6.34. The van der Waals surface area contributed by atoms with Gasteiger partial charge in [-0.15, -0.1) is 0 Å². The molecule has 3 aromatic carbocycles. The maximum atomic E-state index is 13.2. The van der Waals surface area contributed by atoms with Crippen molar-refractivity contribution in [2.45, 2.75) is 30.7 Å². The minimum Gasteiger partial charge on any atom is -0.493 e. The molecule has 174 valence electrons. The van der Waals surface area contributed by atoms with Gasteiger partial charge in [0.15, 0.2) is 11.5 Å². The van der Waals surface area contributed by atoms with Gasteiger partial charge < -0.3 is 14.8 Å². The summed E-state index contributed by atoms with van der Waals surface area (Å²) in [5, 5.41) is 2.82. The summed E-state index contributed by atoms with van der Waals surface area (Å²) < 4.78 is 39.3. The van der Waals surface area contributed by atoms with Crippen LogP contribution in [0.25, 0.3) is 0 Å². The van der Waals surface area contributed by atoms with Crippen LogP contribution in [0.15, 0.2) is 77.7 Å². The maximum Gasteiger partial charge on any atom is 0.242 e. The number of amides is 1. The van der Waals surface area contributed by atoms with Gasteiger partial charge in [-0.05, 0) is 48.2 Å². The molecular formula is C25H28N2O5S. The molecule has 0 fully saturated rings. The highest BCUT2D eigenvalue weighted by Crippen LogP contribution is 2.29. The highest BCUT2D eigenvalue weighted by atomic mass is 32.2. The second-order valence-corrected chi connectivity index (χ2v) is 9.13. The monoisotopic (exact) mass is 468 g/mol. The lowest BCUT2D eigenvalue weighted by Crippen LogP contribution is -2.45. The van der Waals surface area contributed by atoms with E-state index in [1.54, 1.807) is 12.1 Å². The van der Waals surface area contributed by atoms with Crippen molar-refractivity contribution in [2.24, 2.45) is 0 Å². The molecule has 0 spiro atoms. The molecule has 0 heterocycles. The Morgan fingerprint density at radius 2 is 1.55 bits per heavy atom. The van der Waals surface area contributed by atoms with E-state index in [1.165, 1.54) is 32.4 Å². The minimum atomic E-state index is -4.03. The fraction of sp³-hybridized carbons (Fsp3) is 0.240. The van der Waals surface area contributed by atoms with Crippen molar-refractivity contribution in [2.75, 3.05) is 19.5 Å². The van der Waals surface area contributed by atoms with Gasteiger partial charge in [-0.2, -0.15) is 4.72 Å². The number of carbonyl (C=O) groups excluding carboxylic acids is 1. The molecule has 0 saturated carbocycles. The van der Waals surface area contributed by atoms with Gasteiger partial charge in [0.2, 0.25) is 15.9 Å². The Balaban J connectivity index is 1.87. The summed E-state index contributed by atoms with van der Waals surface area (Å²) in [6, 6.07) is 20.0. The third-order valence-electron chi connectivity index (χ3n) is 5.19. The van der Waals surface area contributed by atoms with Crippen LogP contribution in [0.1, 0.15) is 18.1 Å². The Bertz CT molecular complexity index is 1180. The largest absolute Gasteiger partial charge is 0.493 e. The summed E-state index contributed by atoms with van der Waals surface area (Å²) >= 11 is 0. The van der Waals surface area contributed by atoms with Gasteiger partial charge in [-0.3, -0.25) is 4.79 Å². The molecule has 0 radical (unpaired) electrons. The Labute approximate surface area is 194 Å². The molecule has 0 aliphatic heterocycles. The zero-order chi connectivity index (χ0) is 23.8. The molecule has 0 aromatic heterocycles. The number of sulfonamides is 1. The highest BCUT2D eigenvalue weighted by Gasteiger charge is 2.27. The Morgan fingerprint density at radius 1 is 0.879 bits per heavy atom. The Hall–Kier alpha value is -3.36. The van der Waals surface area contributed by atoms with Crippen molar-refractivity contribution in [3.05, 3.63) is 83.9 Å². The van der Waals surface area contributed by atoms with Gasteiger partial charge in [0, 0.05) is 11.8 Å². The number of hydrogen-bond donors (Lipinski definition) is 2. The van der Waals surface area contributed by atoms with E-state index in [0.29, 0.717) is 11.4 Å². The van der Waals surface area contributed by atoms with E-state index in [-0.39, 0.29) is 17.1 Å². The van der Waals surface area contributed by atoms with Crippen LogP contribution in [-0.2, 0) is 27.7 Å². The molecule has 0 saturated heterocycles. The first kappa shape index (κ1) is 24.3. The summed E-state index contributed by atoms with van der Waals surface area (Å²) in [5.74, 6) is 0.234. The van der Waals surface area contributed by atoms with Crippen molar-refractivity contribution in [3.63, 3.8) is 0 Å². The van der Waals surface area contributed by atoms with E-state index < -0.39 is 22.0 Å². The maximum absolute atomic E-state index is 13.2. The number of hydrogen-bond acceptors (Lipinski definition) is 5. The van der Waals surface area contributed by atoms with Gasteiger partial charge in [0.25, 0.3) is 0 Å². The van der Waals surface area contributed by atoms with Crippen LogP contribution in [0.4, 0.5) is 5.69 Å². The zero-order valence-electron chi connectivity index (χ0n) is 18.9. The fourth-order valence-electron chi connectivity index (χ4n) is 3.33. The van der Waals surface area contributed by atoms with Gasteiger partial charge in [0.05, 0.1) is 19.1 Å². The number of ether oxygens (including phenoxy) is 2. The van der Waals surface area contributed by atoms with E-state index >= 15 is 0 Å². The molecule has 1 atom stereocenters. The average Bonchev–Trinajstić information content (AvgIpc) is 2.84. The predicted octanol–water partition coefficient (Wildman–Crippen LogP) is 3.79. The minimum absolute atomic E-state index is 0.0293. The lowest BCUT2D eigenvalue weighted by Gasteiger charge is -2.19. The van der Waals surface area contributed by atoms with Crippen molar-refractivity contribution in [3.8, 4) is 11.5 Å². The quantitative estimate of drug-likeness (QED) is 0.472. The lowest BCUT2D eigenvalue weighted by atomic mass is 10.1. The molecule has 1 unspecified atom stereocenters. The SMILES string of the molecule is CCc1ccc(NC(=O)C(Cc2ccccc2)NS(=O)(=O)c2ccc(OC)c(OC)c2)cc1. The number of methoxy groups -OCH3 is 2. The van der Waals surface area contributed by atoms with Crippen LogP contribution in [-0.4, -0.2) is 34.6 Å².